The van der Waals surface area contributed by atoms with E-state index in [-0.39, 0.29) is 23.0 Å². The van der Waals surface area contributed by atoms with Crippen LogP contribution in [0.1, 0.15) is 27.4 Å². The van der Waals surface area contributed by atoms with Crippen molar-refractivity contribution in [2.75, 3.05) is 0 Å². The lowest BCUT2D eigenvalue weighted by Crippen LogP contribution is -1.99. The van der Waals surface area contributed by atoms with Crippen molar-refractivity contribution < 1.29 is 13.6 Å². The molecule has 2 aromatic carbocycles. The Hall–Kier alpha value is -3.41. The number of benzene rings is 2. The number of nitrogens with zero attached hydrogens (tertiary/aromatic N) is 1. The van der Waals surface area contributed by atoms with Crippen LogP contribution < -0.4 is 0 Å². The summed E-state index contributed by atoms with van der Waals surface area (Å²) in [7, 11) is 0. The van der Waals surface area contributed by atoms with Crippen molar-refractivity contribution in [2.45, 2.75) is 0 Å². The number of hydrogen-bond acceptors (Lipinski definition) is 3. The highest BCUT2D eigenvalue weighted by Crippen LogP contribution is 2.22. The summed E-state index contributed by atoms with van der Waals surface area (Å²) in [6.45, 7) is 0. The molecule has 0 saturated heterocycles. The minimum atomic E-state index is -0.388. The smallest absolute Gasteiger partial charge is 0.167 e. The van der Waals surface area contributed by atoms with Crippen LogP contribution in [0.2, 0.25) is 0 Å². The standard InChI is InChI=1S/C19H13F2N3O/c20-14-5-1-12(2-6-14)17(19-23-10-16(11-25)24-19)9-18(22)13-3-7-15(21)8-4-13/h1-11,22H,(H,23,24)/b17-9-,22-18?. The number of aromatic nitrogens is 2. The molecule has 0 radical (unpaired) electrons. The zero-order valence-corrected chi connectivity index (χ0v) is 13.0. The van der Waals surface area contributed by atoms with Gasteiger partial charge in [-0.15, -0.1) is 0 Å². The molecule has 0 atom stereocenters. The Bertz CT molecular complexity index is 942. The number of imidazole rings is 1. The summed E-state index contributed by atoms with van der Waals surface area (Å²) in [4.78, 5) is 17.9. The molecule has 0 aliphatic heterocycles. The van der Waals surface area contributed by atoms with Crippen molar-refractivity contribution in [1.82, 2.24) is 9.97 Å². The molecule has 25 heavy (non-hydrogen) atoms. The molecular weight excluding hydrogens is 324 g/mol. The summed E-state index contributed by atoms with van der Waals surface area (Å²) in [5.41, 5.74) is 2.07. The highest BCUT2D eigenvalue weighted by atomic mass is 19.1. The minimum Gasteiger partial charge on any atom is -0.336 e. The Labute approximate surface area is 142 Å². The van der Waals surface area contributed by atoms with Crippen molar-refractivity contribution in [3.8, 4) is 0 Å². The van der Waals surface area contributed by atoms with Crippen LogP contribution in [0.25, 0.3) is 5.57 Å². The van der Waals surface area contributed by atoms with Gasteiger partial charge < -0.3 is 10.4 Å². The largest absolute Gasteiger partial charge is 0.336 e. The molecule has 0 fully saturated rings. The first-order valence-corrected chi connectivity index (χ1v) is 7.39. The molecule has 124 valence electrons. The molecule has 1 aromatic heterocycles. The molecule has 2 N–H and O–H groups in total. The lowest BCUT2D eigenvalue weighted by atomic mass is 10.0. The zero-order valence-electron chi connectivity index (χ0n) is 13.0. The Balaban J connectivity index is 2.06. The second-order valence-electron chi connectivity index (χ2n) is 5.29. The normalized spacial score (nSPS) is 11.4. The van der Waals surface area contributed by atoms with E-state index in [2.05, 4.69) is 9.97 Å². The Kier molecular flexibility index (Phi) is 4.61. The van der Waals surface area contributed by atoms with Crippen LogP contribution in [-0.4, -0.2) is 22.0 Å². The number of nitrogens with one attached hydrogen (secondary N) is 2. The number of allylic oxidation sites excluding steroid dienone is 1. The fraction of sp³-hybridized carbons (Fsp3) is 0. The monoisotopic (exact) mass is 337 g/mol. The molecule has 0 bridgehead atoms. The molecule has 3 rings (SSSR count). The molecule has 6 heteroatoms. The molecule has 0 unspecified atom stereocenters. The molecule has 4 nitrogen and oxygen atoms in total. The highest BCUT2D eigenvalue weighted by Gasteiger charge is 2.11. The molecule has 3 aromatic rings. The Morgan fingerprint density at radius 1 is 0.960 bits per heavy atom. The maximum atomic E-state index is 13.2. The molecule has 0 spiro atoms. The number of hydrogen-bond donors (Lipinski definition) is 2. The third-order valence-electron chi connectivity index (χ3n) is 3.58. The Morgan fingerprint density at radius 2 is 1.52 bits per heavy atom. The summed E-state index contributed by atoms with van der Waals surface area (Å²) in [5.74, 6) is -0.397. The van der Waals surface area contributed by atoms with Gasteiger partial charge >= 0.3 is 0 Å². The first-order chi connectivity index (χ1) is 12.1. The summed E-state index contributed by atoms with van der Waals surface area (Å²) in [6.07, 6.45) is 3.54. The molecular formula is C19H13F2N3O. The molecule has 0 aliphatic rings. The van der Waals surface area contributed by atoms with Crippen molar-refractivity contribution in [1.29, 1.82) is 5.41 Å². The first kappa shape index (κ1) is 16.4. The quantitative estimate of drug-likeness (QED) is 0.546. The summed E-state index contributed by atoms with van der Waals surface area (Å²) in [5, 5.41) is 8.24. The summed E-state index contributed by atoms with van der Waals surface area (Å²) < 4.78 is 26.3. The predicted octanol–water partition coefficient (Wildman–Crippen LogP) is 4.00. The van der Waals surface area contributed by atoms with Gasteiger partial charge in [-0.3, -0.25) is 4.79 Å². The number of aldehydes is 1. The van der Waals surface area contributed by atoms with Crippen LogP contribution >= 0.6 is 0 Å². The number of rotatable bonds is 5. The van der Waals surface area contributed by atoms with Gasteiger partial charge in [-0.25, -0.2) is 13.8 Å². The number of H-pyrrole nitrogens is 1. The molecule has 0 aliphatic carbocycles. The van der Waals surface area contributed by atoms with Crippen LogP contribution in [-0.2, 0) is 0 Å². The number of carbonyl (C=O) groups is 1. The Morgan fingerprint density at radius 3 is 2.04 bits per heavy atom. The maximum Gasteiger partial charge on any atom is 0.167 e. The lowest BCUT2D eigenvalue weighted by molar-refractivity contribution is 0.111. The van der Waals surface area contributed by atoms with E-state index in [4.69, 9.17) is 5.41 Å². The zero-order chi connectivity index (χ0) is 17.8. The van der Waals surface area contributed by atoms with Crippen LogP contribution in [0.15, 0.2) is 60.8 Å². The summed E-state index contributed by atoms with van der Waals surface area (Å²) >= 11 is 0. The van der Waals surface area contributed by atoms with Crippen molar-refractivity contribution in [3.63, 3.8) is 0 Å². The second-order valence-corrected chi connectivity index (χ2v) is 5.29. The second kappa shape index (κ2) is 7.00. The third-order valence-corrected chi connectivity index (χ3v) is 3.58. The fourth-order valence-corrected chi connectivity index (χ4v) is 2.31. The lowest BCUT2D eigenvalue weighted by Gasteiger charge is -2.07. The van der Waals surface area contributed by atoms with E-state index >= 15 is 0 Å². The van der Waals surface area contributed by atoms with Crippen LogP contribution in [0, 0.1) is 17.0 Å². The summed E-state index contributed by atoms with van der Waals surface area (Å²) in [6, 6.07) is 11.2. The van der Waals surface area contributed by atoms with Gasteiger partial charge in [-0.05, 0) is 53.6 Å². The van der Waals surface area contributed by atoms with Gasteiger partial charge in [0.2, 0.25) is 0 Å². The van der Waals surface area contributed by atoms with E-state index in [0.29, 0.717) is 28.8 Å². The van der Waals surface area contributed by atoms with Crippen molar-refractivity contribution >= 4 is 17.6 Å². The molecule has 0 saturated carbocycles. The number of halogens is 2. The van der Waals surface area contributed by atoms with E-state index in [1.54, 1.807) is 12.1 Å². The van der Waals surface area contributed by atoms with E-state index in [0.717, 1.165) is 0 Å². The average Bonchev–Trinajstić information content (AvgIpc) is 3.10. The van der Waals surface area contributed by atoms with Gasteiger partial charge in [-0.1, -0.05) is 12.1 Å². The van der Waals surface area contributed by atoms with Gasteiger partial charge in [0.15, 0.2) is 6.29 Å². The van der Waals surface area contributed by atoms with E-state index in [9.17, 15) is 13.6 Å². The maximum absolute atomic E-state index is 13.2. The van der Waals surface area contributed by atoms with Crippen molar-refractivity contribution in [2.24, 2.45) is 0 Å². The van der Waals surface area contributed by atoms with Crippen LogP contribution in [0.4, 0.5) is 8.78 Å². The minimum absolute atomic E-state index is 0.128. The number of carbonyl (C=O) groups excluding carboxylic acids is 1. The van der Waals surface area contributed by atoms with Crippen LogP contribution in [0.3, 0.4) is 0 Å². The molecule has 0 amide bonds. The SMILES string of the molecule is N=C(/C=C(/c1ccc(F)cc1)c1ncc(C=O)[nH]1)c1ccc(F)cc1. The fourth-order valence-electron chi connectivity index (χ4n) is 2.31. The highest BCUT2D eigenvalue weighted by molar-refractivity contribution is 6.11. The number of aromatic amines is 1. The van der Waals surface area contributed by atoms with Gasteiger partial charge in [0.1, 0.15) is 17.5 Å². The third kappa shape index (κ3) is 3.74. The predicted molar refractivity (Wildman–Crippen MR) is 90.7 cm³/mol. The van der Waals surface area contributed by atoms with Crippen LogP contribution in [0.5, 0.6) is 0 Å². The van der Waals surface area contributed by atoms with Gasteiger partial charge in [0.25, 0.3) is 0 Å². The van der Waals surface area contributed by atoms with E-state index in [1.807, 2.05) is 0 Å². The molecule has 1 heterocycles. The van der Waals surface area contributed by atoms with Gasteiger partial charge in [0, 0.05) is 5.57 Å². The average molecular weight is 337 g/mol. The van der Waals surface area contributed by atoms with Gasteiger partial charge in [-0.2, -0.15) is 0 Å². The van der Waals surface area contributed by atoms with Crippen molar-refractivity contribution in [3.05, 3.63) is 95.1 Å². The van der Waals surface area contributed by atoms with E-state index < -0.39 is 0 Å². The van der Waals surface area contributed by atoms with Gasteiger partial charge in [0.05, 0.1) is 17.6 Å². The topological polar surface area (TPSA) is 69.6 Å². The van der Waals surface area contributed by atoms with E-state index in [1.165, 1.54) is 48.7 Å². The first-order valence-electron chi connectivity index (χ1n) is 7.39.